The quantitative estimate of drug-likeness (QED) is 0.168. The first-order chi connectivity index (χ1) is 13.4. The average Bonchev–Trinajstić information content (AvgIpc) is 2.66. The Bertz CT molecular complexity index is 780. The highest BCUT2D eigenvalue weighted by Crippen LogP contribution is 2.58. The molecule has 2 aromatic rings. The molecular formula is C19H17F7IOP. The second kappa shape index (κ2) is 8.96. The summed E-state index contributed by atoms with van der Waals surface area (Å²) in [4.78, 5) is 0. The van der Waals surface area contributed by atoms with Gasteiger partial charge in [0.25, 0.3) is 5.67 Å². The first-order valence-electron chi connectivity index (χ1n) is 8.47. The van der Waals surface area contributed by atoms with Crippen molar-refractivity contribution in [3.63, 3.8) is 0 Å². The van der Waals surface area contributed by atoms with Crippen LogP contribution in [-0.4, -0.2) is 28.1 Å². The first kappa shape index (κ1) is 24.2. The van der Waals surface area contributed by atoms with Crippen molar-refractivity contribution in [2.75, 3.05) is 4.43 Å². The van der Waals surface area contributed by atoms with E-state index < -0.39 is 37.2 Å². The predicted octanol–water partition coefficient (Wildman–Crippen LogP) is 6.42. The molecule has 0 saturated heterocycles. The Hall–Kier alpha value is -1.09. The number of rotatable bonds is 7. The van der Waals surface area contributed by atoms with Crippen LogP contribution in [0.5, 0.6) is 0 Å². The van der Waals surface area contributed by atoms with E-state index in [4.69, 9.17) is 0 Å². The predicted molar refractivity (Wildman–Crippen MR) is 108 cm³/mol. The fourth-order valence-electron chi connectivity index (χ4n) is 3.12. The Labute approximate surface area is 177 Å². The van der Waals surface area contributed by atoms with Crippen molar-refractivity contribution in [1.82, 2.24) is 0 Å². The van der Waals surface area contributed by atoms with Crippen molar-refractivity contribution in [3.8, 4) is 0 Å². The van der Waals surface area contributed by atoms with Gasteiger partial charge < -0.3 is 4.57 Å². The highest BCUT2D eigenvalue weighted by atomic mass is 127. The molecule has 0 bridgehead atoms. The van der Waals surface area contributed by atoms with E-state index in [1.165, 1.54) is 48.5 Å². The van der Waals surface area contributed by atoms with E-state index in [0.29, 0.717) is 0 Å². The van der Waals surface area contributed by atoms with E-state index in [1.807, 2.05) is 0 Å². The SMILES string of the molecule is O=P(c1ccccc1)(c1ccccc1)C(CCI)CC(F)(C(F)(F)F)C(F)(F)F. The highest BCUT2D eigenvalue weighted by molar-refractivity contribution is 14.1. The molecule has 0 aromatic heterocycles. The summed E-state index contributed by atoms with van der Waals surface area (Å²) in [5.74, 6) is 0. The van der Waals surface area contributed by atoms with Crippen LogP contribution in [0.25, 0.3) is 0 Å². The smallest absolute Gasteiger partial charge is 0.313 e. The molecule has 1 atom stereocenters. The molecule has 0 radical (unpaired) electrons. The number of hydrogen-bond donors (Lipinski definition) is 0. The molecule has 2 rings (SSSR count). The van der Waals surface area contributed by atoms with E-state index >= 15 is 0 Å². The summed E-state index contributed by atoms with van der Waals surface area (Å²) in [5, 5.41) is 0.181. The molecule has 1 unspecified atom stereocenters. The van der Waals surface area contributed by atoms with Crippen molar-refractivity contribution in [2.45, 2.75) is 36.5 Å². The minimum Gasteiger partial charge on any atom is -0.313 e. The van der Waals surface area contributed by atoms with Gasteiger partial charge in [0.05, 0.1) is 0 Å². The third kappa shape index (κ3) is 4.81. The Morgan fingerprint density at radius 3 is 1.45 bits per heavy atom. The lowest BCUT2D eigenvalue weighted by Gasteiger charge is -2.36. The monoisotopic (exact) mass is 552 g/mol. The summed E-state index contributed by atoms with van der Waals surface area (Å²) < 4.78 is 108. The van der Waals surface area contributed by atoms with Crippen LogP contribution in [0.15, 0.2) is 60.7 Å². The molecule has 2 aromatic carbocycles. The van der Waals surface area contributed by atoms with E-state index in [0.717, 1.165) is 0 Å². The molecule has 0 aliphatic heterocycles. The van der Waals surface area contributed by atoms with E-state index in [1.54, 1.807) is 34.7 Å². The summed E-state index contributed by atoms with van der Waals surface area (Å²) in [7, 11) is -4.03. The minimum absolute atomic E-state index is 0.0905. The maximum atomic E-state index is 14.6. The van der Waals surface area contributed by atoms with Crippen molar-refractivity contribution < 1.29 is 35.3 Å². The fourth-order valence-corrected chi connectivity index (χ4v) is 7.74. The van der Waals surface area contributed by atoms with Crippen molar-refractivity contribution in [3.05, 3.63) is 60.7 Å². The molecule has 0 amide bonds. The molecule has 0 heterocycles. The van der Waals surface area contributed by atoms with Gasteiger partial charge in [0, 0.05) is 27.1 Å². The number of halogens is 8. The molecular weight excluding hydrogens is 535 g/mol. The summed E-state index contributed by atoms with van der Waals surface area (Å²) >= 11 is 1.77. The Morgan fingerprint density at radius 1 is 0.759 bits per heavy atom. The molecule has 29 heavy (non-hydrogen) atoms. The topological polar surface area (TPSA) is 17.1 Å². The number of hydrogen-bond acceptors (Lipinski definition) is 1. The van der Waals surface area contributed by atoms with Crippen molar-refractivity contribution in [1.29, 1.82) is 0 Å². The van der Waals surface area contributed by atoms with Crippen LogP contribution in [-0.2, 0) is 4.57 Å². The molecule has 0 N–H and O–H groups in total. The summed E-state index contributed by atoms with van der Waals surface area (Å²) in [6, 6.07) is 14.7. The van der Waals surface area contributed by atoms with E-state index in [-0.39, 0.29) is 21.5 Å². The lowest BCUT2D eigenvalue weighted by molar-refractivity contribution is -0.343. The lowest BCUT2D eigenvalue weighted by atomic mass is 9.97. The van der Waals surface area contributed by atoms with Gasteiger partial charge in [-0.15, -0.1) is 0 Å². The Morgan fingerprint density at radius 2 is 1.14 bits per heavy atom. The molecule has 0 saturated carbocycles. The Kier molecular flexibility index (Phi) is 7.47. The summed E-state index contributed by atoms with van der Waals surface area (Å²) in [5.41, 5.74) is -7.16. The lowest BCUT2D eigenvalue weighted by Crippen LogP contribution is -2.55. The van der Waals surface area contributed by atoms with Gasteiger partial charge in [0.2, 0.25) is 0 Å². The molecule has 1 nitrogen and oxygen atoms in total. The van der Waals surface area contributed by atoms with Gasteiger partial charge in [0.15, 0.2) is 0 Å². The van der Waals surface area contributed by atoms with Crippen LogP contribution >= 0.6 is 29.7 Å². The van der Waals surface area contributed by atoms with Crippen LogP contribution in [0.2, 0.25) is 0 Å². The van der Waals surface area contributed by atoms with Gasteiger partial charge in [-0.2, -0.15) is 26.3 Å². The van der Waals surface area contributed by atoms with Gasteiger partial charge in [-0.1, -0.05) is 83.3 Å². The van der Waals surface area contributed by atoms with Gasteiger partial charge in [-0.25, -0.2) is 4.39 Å². The minimum atomic E-state index is -6.19. The Balaban J connectivity index is 2.70. The number of alkyl halides is 8. The maximum Gasteiger partial charge on any atom is 0.431 e. The maximum absolute atomic E-state index is 14.6. The van der Waals surface area contributed by atoms with Crippen molar-refractivity contribution >= 4 is 40.3 Å². The van der Waals surface area contributed by atoms with Gasteiger partial charge >= 0.3 is 12.4 Å². The van der Waals surface area contributed by atoms with E-state index in [9.17, 15) is 35.3 Å². The molecule has 0 aliphatic rings. The third-order valence-electron chi connectivity index (χ3n) is 4.65. The molecule has 0 spiro atoms. The molecule has 160 valence electrons. The second-order valence-corrected chi connectivity index (χ2v) is 10.6. The molecule has 0 aliphatic carbocycles. The van der Waals surface area contributed by atoms with Gasteiger partial charge in [-0.3, -0.25) is 0 Å². The second-order valence-electron chi connectivity index (χ2n) is 6.46. The third-order valence-corrected chi connectivity index (χ3v) is 8.87. The van der Waals surface area contributed by atoms with Crippen LogP contribution in [0, 0.1) is 0 Å². The standard InChI is InChI=1S/C19H17F7IOP/c20-17(18(21,22)23,19(24,25)26)13-16(11-12-27)29(28,14-7-3-1-4-8-14)15-9-5-2-6-10-15/h1-10,16H,11-13H2. The number of benzene rings is 2. The van der Waals surface area contributed by atoms with Crippen LogP contribution in [0.3, 0.4) is 0 Å². The summed E-state index contributed by atoms with van der Waals surface area (Å²) in [6.45, 7) is 0. The molecule has 0 fully saturated rings. The van der Waals surface area contributed by atoms with Gasteiger partial charge in [-0.05, 0) is 6.42 Å². The average molecular weight is 552 g/mol. The fraction of sp³-hybridized carbons (Fsp3) is 0.368. The zero-order chi connectivity index (χ0) is 21.9. The largest absolute Gasteiger partial charge is 0.431 e. The summed E-state index contributed by atoms with van der Waals surface area (Å²) in [6.07, 6.45) is -14.6. The zero-order valence-electron chi connectivity index (χ0n) is 14.9. The normalized spacial score (nSPS) is 14.6. The van der Waals surface area contributed by atoms with Gasteiger partial charge in [0.1, 0.15) is 7.14 Å². The zero-order valence-corrected chi connectivity index (χ0v) is 17.9. The van der Waals surface area contributed by atoms with Crippen LogP contribution in [0.1, 0.15) is 12.8 Å². The first-order valence-corrected chi connectivity index (χ1v) is 11.8. The van der Waals surface area contributed by atoms with Crippen molar-refractivity contribution in [2.24, 2.45) is 0 Å². The highest BCUT2D eigenvalue weighted by Gasteiger charge is 2.73. The van der Waals surface area contributed by atoms with Crippen LogP contribution in [0.4, 0.5) is 30.7 Å². The molecule has 10 heteroatoms. The van der Waals surface area contributed by atoms with E-state index in [2.05, 4.69) is 0 Å². The van der Waals surface area contributed by atoms with Crippen LogP contribution < -0.4 is 10.6 Å².